The van der Waals surface area contributed by atoms with Crippen LogP contribution < -0.4 is 5.73 Å². The van der Waals surface area contributed by atoms with Crippen molar-refractivity contribution in [3.63, 3.8) is 0 Å². The molecule has 16 heavy (non-hydrogen) atoms. The zero-order valence-electron chi connectivity index (χ0n) is 11.2. The topological polar surface area (TPSA) is 63.4 Å². The van der Waals surface area contributed by atoms with Gasteiger partial charge in [0.25, 0.3) is 0 Å². The SMILES string of the molecule is CC.CCC(=O)C(CC(N)=O)N(CC)CC. The lowest BCUT2D eigenvalue weighted by molar-refractivity contribution is -0.128. The van der Waals surface area contributed by atoms with Crippen molar-refractivity contribution in [1.82, 2.24) is 4.90 Å². The van der Waals surface area contributed by atoms with Gasteiger partial charge in [-0.3, -0.25) is 14.5 Å². The number of Topliss-reactive ketones (excluding diaryl/α,β-unsaturated/α-hetero) is 1. The van der Waals surface area contributed by atoms with Crippen molar-refractivity contribution in [1.29, 1.82) is 0 Å². The van der Waals surface area contributed by atoms with Crippen LogP contribution in [0.5, 0.6) is 0 Å². The summed E-state index contributed by atoms with van der Waals surface area (Å²) in [7, 11) is 0. The van der Waals surface area contributed by atoms with E-state index in [1.165, 1.54) is 0 Å². The molecular formula is C12H26N2O2. The van der Waals surface area contributed by atoms with E-state index in [0.717, 1.165) is 13.1 Å². The Morgan fingerprint density at radius 2 is 1.56 bits per heavy atom. The molecule has 0 fully saturated rings. The molecule has 0 spiro atoms. The first-order valence-corrected chi connectivity index (χ1v) is 6.11. The second-order valence-corrected chi connectivity index (χ2v) is 3.23. The summed E-state index contributed by atoms with van der Waals surface area (Å²) in [6.07, 6.45) is 0.586. The fourth-order valence-electron chi connectivity index (χ4n) is 1.54. The van der Waals surface area contributed by atoms with Crippen molar-refractivity contribution in [2.75, 3.05) is 13.1 Å². The highest BCUT2D eigenvalue weighted by atomic mass is 16.1. The predicted molar refractivity (Wildman–Crippen MR) is 67.2 cm³/mol. The van der Waals surface area contributed by atoms with Crippen LogP contribution in [-0.4, -0.2) is 35.7 Å². The van der Waals surface area contributed by atoms with E-state index in [2.05, 4.69) is 0 Å². The van der Waals surface area contributed by atoms with Crippen LogP contribution in [0.1, 0.15) is 47.5 Å². The predicted octanol–water partition coefficient (Wildman–Crippen LogP) is 1.58. The first kappa shape index (κ1) is 17.5. The second kappa shape index (κ2) is 10.6. The Balaban J connectivity index is 0. The van der Waals surface area contributed by atoms with Crippen LogP contribution in [0, 0.1) is 0 Å². The smallest absolute Gasteiger partial charge is 0.219 e. The largest absolute Gasteiger partial charge is 0.370 e. The lowest BCUT2D eigenvalue weighted by atomic mass is 10.0. The van der Waals surface area contributed by atoms with Gasteiger partial charge in [0.15, 0.2) is 0 Å². The van der Waals surface area contributed by atoms with Gasteiger partial charge in [0, 0.05) is 12.8 Å². The van der Waals surface area contributed by atoms with E-state index < -0.39 is 5.91 Å². The van der Waals surface area contributed by atoms with Crippen molar-refractivity contribution < 1.29 is 9.59 Å². The minimum absolute atomic E-state index is 0.0903. The maximum absolute atomic E-state index is 11.6. The molecule has 0 aliphatic rings. The molecule has 0 bridgehead atoms. The van der Waals surface area contributed by atoms with Gasteiger partial charge in [0.05, 0.1) is 6.04 Å². The molecule has 0 aliphatic heterocycles. The van der Waals surface area contributed by atoms with Crippen molar-refractivity contribution in [2.45, 2.75) is 53.5 Å². The molecule has 0 aromatic heterocycles. The Hall–Kier alpha value is -0.900. The third-order valence-electron chi connectivity index (χ3n) is 2.37. The average Bonchev–Trinajstić information content (AvgIpc) is 2.30. The number of ketones is 1. The van der Waals surface area contributed by atoms with Gasteiger partial charge in [0.2, 0.25) is 5.91 Å². The van der Waals surface area contributed by atoms with Crippen LogP contribution in [-0.2, 0) is 9.59 Å². The average molecular weight is 230 g/mol. The van der Waals surface area contributed by atoms with E-state index in [1.807, 2.05) is 32.6 Å². The molecule has 1 amide bonds. The number of hydrogen-bond acceptors (Lipinski definition) is 3. The van der Waals surface area contributed by atoms with Crippen LogP contribution in [0.2, 0.25) is 0 Å². The van der Waals surface area contributed by atoms with Gasteiger partial charge in [-0.15, -0.1) is 0 Å². The van der Waals surface area contributed by atoms with Gasteiger partial charge < -0.3 is 5.73 Å². The monoisotopic (exact) mass is 230 g/mol. The summed E-state index contributed by atoms with van der Waals surface area (Å²) in [5.74, 6) is -0.323. The second-order valence-electron chi connectivity index (χ2n) is 3.23. The minimum Gasteiger partial charge on any atom is -0.370 e. The van der Waals surface area contributed by atoms with E-state index in [-0.39, 0.29) is 18.2 Å². The van der Waals surface area contributed by atoms with Crippen molar-refractivity contribution >= 4 is 11.7 Å². The van der Waals surface area contributed by atoms with Crippen LogP contribution >= 0.6 is 0 Å². The molecule has 96 valence electrons. The highest BCUT2D eigenvalue weighted by molar-refractivity contribution is 5.89. The molecular weight excluding hydrogens is 204 g/mol. The van der Waals surface area contributed by atoms with Crippen LogP contribution in [0.25, 0.3) is 0 Å². The number of amides is 1. The molecule has 0 aromatic carbocycles. The molecule has 4 heteroatoms. The zero-order valence-corrected chi connectivity index (χ0v) is 11.2. The molecule has 1 atom stereocenters. The summed E-state index contributed by atoms with van der Waals surface area (Å²) in [5.41, 5.74) is 5.12. The molecule has 0 aliphatic carbocycles. The van der Waals surface area contributed by atoms with Gasteiger partial charge >= 0.3 is 0 Å². The van der Waals surface area contributed by atoms with Gasteiger partial charge in [-0.05, 0) is 13.1 Å². The molecule has 0 saturated carbocycles. The number of carbonyl (C=O) groups is 2. The Morgan fingerprint density at radius 3 is 1.81 bits per heavy atom. The van der Waals surface area contributed by atoms with Gasteiger partial charge in [0.1, 0.15) is 5.78 Å². The van der Waals surface area contributed by atoms with E-state index in [1.54, 1.807) is 6.92 Å². The zero-order chi connectivity index (χ0) is 13.1. The fourth-order valence-corrected chi connectivity index (χ4v) is 1.54. The highest BCUT2D eigenvalue weighted by Gasteiger charge is 2.23. The van der Waals surface area contributed by atoms with Gasteiger partial charge in [-0.1, -0.05) is 34.6 Å². The number of hydrogen-bond donors (Lipinski definition) is 1. The first-order chi connectivity index (χ1) is 7.56. The van der Waals surface area contributed by atoms with Crippen LogP contribution in [0.3, 0.4) is 0 Å². The number of nitrogens with zero attached hydrogens (tertiary/aromatic N) is 1. The lowest BCUT2D eigenvalue weighted by Crippen LogP contribution is -2.43. The third kappa shape index (κ3) is 6.56. The summed E-state index contributed by atoms with van der Waals surface area (Å²) < 4.78 is 0. The Labute approximate surface area is 99.2 Å². The van der Waals surface area contributed by atoms with Crippen molar-refractivity contribution in [3.8, 4) is 0 Å². The molecule has 1 unspecified atom stereocenters. The Kier molecular flexibility index (Phi) is 11.6. The third-order valence-corrected chi connectivity index (χ3v) is 2.37. The van der Waals surface area contributed by atoms with Crippen molar-refractivity contribution in [3.05, 3.63) is 0 Å². The molecule has 4 nitrogen and oxygen atoms in total. The number of rotatable bonds is 7. The summed E-state index contributed by atoms with van der Waals surface area (Å²) in [4.78, 5) is 24.3. The maximum atomic E-state index is 11.6. The van der Waals surface area contributed by atoms with E-state index in [4.69, 9.17) is 5.73 Å². The first-order valence-electron chi connectivity index (χ1n) is 6.11. The molecule has 2 N–H and O–H groups in total. The number of likely N-dealkylation sites (N-methyl/N-ethyl adjacent to an activating group) is 1. The summed E-state index contributed by atoms with van der Waals surface area (Å²) in [6, 6.07) is -0.326. The normalized spacial score (nSPS) is 11.6. The number of nitrogens with two attached hydrogens (primary N) is 1. The van der Waals surface area contributed by atoms with Crippen LogP contribution in [0.15, 0.2) is 0 Å². The van der Waals surface area contributed by atoms with Crippen molar-refractivity contribution in [2.24, 2.45) is 5.73 Å². The molecule has 0 heterocycles. The number of primary amides is 1. The number of carbonyl (C=O) groups excluding carboxylic acids is 2. The minimum atomic E-state index is -0.413. The Bertz CT molecular complexity index is 201. The maximum Gasteiger partial charge on any atom is 0.219 e. The van der Waals surface area contributed by atoms with Gasteiger partial charge in [-0.2, -0.15) is 0 Å². The van der Waals surface area contributed by atoms with Gasteiger partial charge in [-0.25, -0.2) is 0 Å². The van der Waals surface area contributed by atoms with E-state index in [9.17, 15) is 9.59 Å². The summed E-state index contributed by atoms with van der Waals surface area (Å²) in [5, 5.41) is 0. The van der Waals surface area contributed by atoms with E-state index in [0.29, 0.717) is 6.42 Å². The summed E-state index contributed by atoms with van der Waals surface area (Å²) in [6.45, 7) is 11.3. The molecule has 0 rings (SSSR count). The molecule has 0 saturated heterocycles. The fraction of sp³-hybridized carbons (Fsp3) is 0.833. The van der Waals surface area contributed by atoms with Crippen LogP contribution in [0.4, 0.5) is 0 Å². The lowest BCUT2D eigenvalue weighted by Gasteiger charge is -2.27. The quantitative estimate of drug-likeness (QED) is 0.722. The summed E-state index contributed by atoms with van der Waals surface area (Å²) >= 11 is 0. The standard InChI is InChI=1S/C10H20N2O2.C2H6/c1-4-9(13)8(7-10(11)14)12(5-2)6-3;1-2/h8H,4-7H2,1-3H3,(H2,11,14);1-2H3. The molecule has 0 radical (unpaired) electrons. The molecule has 0 aromatic rings. The van der Waals surface area contributed by atoms with E-state index >= 15 is 0 Å². The Morgan fingerprint density at radius 1 is 1.12 bits per heavy atom. The highest BCUT2D eigenvalue weighted by Crippen LogP contribution is 2.07.